The van der Waals surface area contributed by atoms with Crippen LogP contribution in [0.2, 0.25) is 0 Å². The van der Waals surface area contributed by atoms with E-state index in [0.717, 1.165) is 22.6 Å². The first-order valence-corrected chi connectivity index (χ1v) is 9.28. The molecule has 4 nitrogen and oxygen atoms in total. The van der Waals surface area contributed by atoms with E-state index >= 15 is 0 Å². The van der Waals surface area contributed by atoms with Gasteiger partial charge in [-0.25, -0.2) is 0 Å². The van der Waals surface area contributed by atoms with Crippen molar-refractivity contribution in [2.24, 2.45) is 0 Å². The van der Waals surface area contributed by atoms with Crippen LogP contribution in [0.25, 0.3) is 11.1 Å². The van der Waals surface area contributed by atoms with E-state index in [1.54, 1.807) is 12.4 Å². The smallest absolute Gasteiger partial charge is 0.0603 e. The molecule has 4 rings (SSSR count). The molecule has 0 aliphatic heterocycles. The number of benzene rings is 2. The average molecular weight is 366 g/mol. The van der Waals surface area contributed by atoms with Crippen LogP contribution in [0.1, 0.15) is 18.5 Å². The lowest BCUT2D eigenvalue weighted by molar-refractivity contribution is 0.772. The highest BCUT2D eigenvalue weighted by Gasteiger charge is 2.21. The Morgan fingerprint density at radius 1 is 0.750 bits per heavy atom. The zero-order valence-electron chi connectivity index (χ0n) is 15.7. The summed E-state index contributed by atoms with van der Waals surface area (Å²) in [6.07, 6.45) is 7.35. The van der Waals surface area contributed by atoms with Crippen molar-refractivity contribution in [1.82, 2.24) is 9.97 Å². The zero-order chi connectivity index (χ0) is 19.3. The number of nitrogens with zero attached hydrogens (tertiary/aromatic N) is 3. The lowest BCUT2D eigenvalue weighted by Crippen LogP contribution is -2.22. The molecular formula is C24H22N4. The molecule has 28 heavy (non-hydrogen) atoms. The molecule has 4 aromatic rings. The quantitative estimate of drug-likeness (QED) is 0.465. The van der Waals surface area contributed by atoms with Crippen LogP contribution in [0.3, 0.4) is 0 Å². The first-order chi connectivity index (χ1) is 13.7. The van der Waals surface area contributed by atoms with E-state index in [9.17, 15) is 0 Å². The monoisotopic (exact) mass is 366 g/mol. The van der Waals surface area contributed by atoms with Gasteiger partial charge in [-0.15, -0.1) is 0 Å². The van der Waals surface area contributed by atoms with Crippen molar-refractivity contribution in [2.75, 3.05) is 10.6 Å². The number of aromatic nitrogens is 2. The molecule has 2 aromatic carbocycles. The fourth-order valence-electron chi connectivity index (χ4n) is 3.51. The molecule has 0 radical (unpaired) electrons. The minimum Gasteiger partial charge on any atom is -0.399 e. The van der Waals surface area contributed by atoms with Crippen molar-refractivity contribution in [1.29, 1.82) is 0 Å². The van der Waals surface area contributed by atoms with E-state index in [1.165, 1.54) is 11.1 Å². The van der Waals surface area contributed by atoms with Gasteiger partial charge in [0.2, 0.25) is 0 Å². The fourth-order valence-corrected chi connectivity index (χ4v) is 3.51. The van der Waals surface area contributed by atoms with E-state index < -0.39 is 0 Å². The van der Waals surface area contributed by atoms with Gasteiger partial charge in [-0.1, -0.05) is 36.4 Å². The van der Waals surface area contributed by atoms with Crippen LogP contribution in [0.5, 0.6) is 0 Å². The van der Waals surface area contributed by atoms with Crippen LogP contribution in [-0.4, -0.2) is 9.97 Å². The summed E-state index contributed by atoms with van der Waals surface area (Å²) in [5, 5.41) is 0. The van der Waals surface area contributed by atoms with Crippen LogP contribution in [0, 0.1) is 0 Å². The Kier molecular flexibility index (Phi) is 5.02. The van der Waals surface area contributed by atoms with Gasteiger partial charge in [-0.3, -0.25) is 9.97 Å². The van der Waals surface area contributed by atoms with Gasteiger partial charge in [0.25, 0.3) is 0 Å². The van der Waals surface area contributed by atoms with E-state index in [-0.39, 0.29) is 6.04 Å². The van der Waals surface area contributed by atoms with Gasteiger partial charge >= 0.3 is 0 Å². The molecular weight excluding hydrogens is 344 g/mol. The largest absolute Gasteiger partial charge is 0.399 e. The minimum atomic E-state index is 0.0714. The van der Waals surface area contributed by atoms with Crippen molar-refractivity contribution >= 4 is 17.1 Å². The summed E-state index contributed by atoms with van der Waals surface area (Å²) in [7, 11) is 0. The third-order valence-electron chi connectivity index (χ3n) is 4.87. The molecule has 2 aromatic heterocycles. The summed E-state index contributed by atoms with van der Waals surface area (Å²) in [5.41, 5.74) is 12.2. The van der Waals surface area contributed by atoms with Crippen molar-refractivity contribution < 1.29 is 0 Å². The van der Waals surface area contributed by atoms with Crippen LogP contribution in [-0.2, 0) is 0 Å². The summed E-state index contributed by atoms with van der Waals surface area (Å²) in [6, 6.07) is 24.6. The second kappa shape index (κ2) is 7.92. The average Bonchev–Trinajstić information content (AvgIpc) is 2.76. The summed E-state index contributed by atoms with van der Waals surface area (Å²) in [4.78, 5) is 10.9. The predicted octanol–water partition coefficient (Wildman–Crippen LogP) is 5.63. The Labute approximate surface area is 165 Å². The number of hydrogen-bond donors (Lipinski definition) is 1. The molecule has 0 aliphatic carbocycles. The molecule has 0 saturated heterocycles. The summed E-state index contributed by atoms with van der Waals surface area (Å²) < 4.78 is 0. The molecule has 0 bridgehead atoms. The molecule has 2 heterocycles. The highest BCUT2D eigenvalue weighted by atomic mass is 15.2. The number of anilines is 3. The van der Waals surface area contributed by atoms with Crippen molar-refractivity contribution in [3.8, 4) is 11.1 Å². The molecule has 4 heteroatoms. The summed E-state index contributed by atoms with van der Waals surface area (Å²) >= 11 is 0. The number of rotatable bonds is 5. The third-order valence-corrected chi connectivity index (χ3v) is 4.87. The Hall–Kier alpha value is -3.66. The molecule has 0 aliphatic rings. The number of nitrogen functional groups attached to an aromatic ring is 1. The maximum absolute atomic E-state index is 5.88. The minimum absolute atomic E-state index is 0.0714. The summed E-state index contributed by atoms with van der Waals surface area (Å²) in [6.45, 7) is 2.20. The van der Waals surface area contributed by atoms with Crippen molar-refractivity contribution in [3.63, 3.8) is 0 Å². The van der Waals surface area contributed by atoms with Crippen molar-refractivity contribution in [3.05, 3.63) is 103 Å². The molecule has 138 valence electrons. The summed E-state index contributed by atoms with van der Waals surface area (Å²) in [5.74, 6) is 0. The third kappa shape index (κ3) is 3.58. The lowest BCUT2D eigenvalue weighted by Gasteiger charge is -2.32. The van der Waals surface area contributed by atoms with Crippen LogP contribution in [0.4, 0.5) is 17.1 Å². The maximum Gasteiger partial charge on any atom is 0.0603 e. The van der Waals surface area contributed by atoms with Crippen molar-refractivity contribution in [2.45, 2.75) is 13.0 Å². The van der Waals surface area contributed by atoms with Gasteiger partial charge in [0, 0.05) is 18.1 Å². The topological polar surface area (TPSA) is 55.0 Å². The first kappa shape index (κ1) is 17.7. The van der Waals surface area contributed by atoms with Gasteiger partial charge in [-0.2, -0.15) is 0 Å². The van der Waals surface area contributed by atoms with Gasteiger partial charge in [0.1, 0.15) is 0 Å². The number of nitrogens with two attached hydrogens (primary N) is 1. The molecule has 1 unspecified atom stereocenters. The molecule has 0 amide bonds. The Balaban J connectivity index is 1.82. The van der Waals surface area contributed by atoms with Gasteiger partial charge in [0.15, 0.2) is 0 Å². The number of pyridine rings is 2. The standard InChI is InChI=1S/C24H22N4/c1-18(23-8-2-3-9-24(23)19-10-12-20(25)13-11-19)28(21-6-4-14-26-16-21)22-7-5-15-27-17-22/h2-18H,25H2,1H3. The van der Waals surface area contributed by atoms with Crippen LogP contribution >= 0.6 is 0 Å². The van der Waals surface area contributed by atoms with Gasteiger partial charge in [-0.05, 0) is 60.0 Å². The molecule has 0 fully saturated rings. The predicted molar refractivity (Wildman–Crippen MR) is 115 cm³/mol. The molecule has 2 N–H and O–H groups in total. The van der Waals surface area contributed by atoms with Gasteiger partial charge < -0.3 is 10.6 Å². The van der Waals surface area contributed by atoms with E-state index in [1.807, 2.05) is 36.7 Å². The van der Waals surface area contributed by atoms with E-state index in [2.05, 4.69) is 70.3 Å². The van der Waals surface area contributed by atoms with E-state index in [0.29, 0.717) is 0 Å². The second-order valence-electron chi connectivity index (χ2n) is 6.68. The molecule has 0 saturated carbocycles. The Bertz CT molecular complexity index is 991. The maximum atomic E-state index is 5.88. The second-order valence-corrected chi connectivity index (χ2v) is 6.68. The Morgan fingerprint density at radius 3 is 1.93 bits per heavy atom. The fraction of sp³-hybridized carbons (Fsp3) is 0.0833. The number of hydrogen-bond acceptors (Lipinski definition) is 4. The Morgan fingerprint density at radius 2 is 1.36 bits per heavy atom. The zero-order valence-corrected chi connectivity index (χ0v) is 15.7. The molecule has 1 atom stereocenters. The lowest BCUT2D eigenvalue weighted by atomic mass is 9.94. The molecule has 0 spiro atoms. The van der Waals surface area contributed by atoms with E-state index in [4.69, 9.17) is 5.73 Å². The highest BCUT2D eigenvalue weighted by molar-refractivity contribution is 5.72. The highest BCUT2D eigenvalue weighted by Crippen LogP contribution is 2.38. The SMILES string of the molecule is CC(c1ccccc1-c1ccc(N)cc1)N(c1cccnc1)c1cccnc1. The van der Waals surface area contributed by atoms with Gasteiger partial charge in [0.05, 0.1) is 29.8 Å². The van der Waals surface area contributed by atoms with Crippen LogP contribution in [0.15, 0.2) is 97.6 Å². The normalized spacial score (nSPS) is 11.8. The first-order valence-electron chi connectivity index (χ1n) is 9.28. The van der Waals surface area contributed by atoms with Crippen LogP contribution < -0.4 is 10.6 Å².